The number of hydrogen-bond acceptors (Lipinski definition) is 4. The van der Waals surface area contributed by atoms with Gasteiger partial charge in [-0.05, 0) is 29.7 Å². The number of aryl methyl sites for hydroxylation is 1. The summed E-state index contributed by atoms with van der Waals surface area (Å²) in [5.41, 5.74) is 1.33. The van der Waals surface area contributed by atoms with Gasteiger partial charge in [0.2, 0.25) is 5.88 Å². The molecule has 2 heterocycles. The minimum absolute atomic E-state index is 0.153. The fraction of sp³-hybridized carbons (Fsp3) is 0.176. The van der Waals surface area contributed by atoms with Gasteiger partial charge >= 0.3 is 6.09 Å². The number of aromatic nitrogens is 2. The zero-order chi connectivity index (χ0) is 18.7. The molecule has 26 heavy (non-hydrogen) atoms. The number of amides is 1. The molecule has 3 rings (SSSR count). The Morgan fingerprint density at radius 2 is 2.00 bits per heavy atom. The molecule has 5 nitrogen and oxygen atoms in total. The van der Waals surface area contributed by atoms with Crippen LogP contribution in [0.4, 0.5) is 18.7 Å². The molecule has 0 unspecified atom stereocenters. The van der Waals surface area contributed by atoms with Crippen LogP contribution >= 0.6 is 22.9 Å². The Kier molecular flexibility index (Phi) is 5.53. The number of carbonyl (C=O) groups excluding carboxylic acids is 1. The number of hydrogen-bond donors (Lipinski definition) is 1. The molecule has 0 aliphatic rings. The Labute approximate surface area is 157 Å². The van der Waals surface area contributed by atoms with Gasteiger partial charge in [0.15, 0.2) is 5.13 Å². The van der Waals surface area contributed by atoms with Crippen molar-refractivity contribution in [3.05, 3.63) is 63.8 Å². The van der Waals surface area contributed by atoms with Crippen molar-refractivity contribution >= 4 is 34.2 Å². The third kappa shape index (κ3) is 4.59. The van der Waals surface area contributed by atoms with Crippen LogP contribution in [0.2, 0.25) is 4.34 Å². The summed E-state index contributed by atoms with van der Waals surface area (Å²) >= 11 is 6.86. The number of nitrogens with zero attached hydrogens (tertiary/aromatic N) is 2. The lowest BCUT2D eigenvalue weighted by atomic mass is 10.2. The lowest BCUT2D eigenvalue weighted by Gasteiger charge is -2.10. The minimum atomic E-state index is -0.733. The summed E-state index contributed by atoms with van der Waals surface area (Å²) in [5, 5.41) is 2.78. The zero-order valence-corrected chi connectivity index (χ0v) is 15.2. The van der Waals surface area contributed by atoms with Gasteiger partial charge in [-0.2, -0.15) is 0 Å². The quantitative estimate of drug-likeness (QED) is 0.651. The highest BCUT2D eigenvalue weighted by Gasteiger charge is 2.14. The first-order chi connectivity index (χ1) is 12.4. The largest absolute Gasteiger partial charge is 0.420 e. The van der Waals surface area contributed by atoms with E-state index in [2.05, 4.69) is 10.3 Å². The standard InChI is InChI=1S/C17H14ClF2N3O2S/c1-2-10-5-15(25-17(24)22-16-21-7-14(18)26-16)23(8-10)9-11-3-12(19)6-13(20)4-11/h3-8H,2,9H2,1H3,(H,21,22,24). The highest BCUT2D eigenvalue weighted by Crippen LogP contribution is 2.24. The SMILES string of the molecule is CCc1cc(OC(=O)Nc2ncc(Cl)s2)n(Cc2cc(F)cc(F)c2)c1. The summed E-state index contributed by atoms with van der Waals surface area (Å²) in [6.07, 6.45) is 3.16. The number of rotatable bonds is 5. The molecular formula is C17H14ClF2N3O2S. The molecule has 0 saturated heterocycles. The molecule has 1 aromatic carbocycles. The number of ether oxygens (including phenoxy) is 1. The smallest absolute Gasteiger partial charge is 0.393 e. The van der Waals surface area contributed by atoms with Gasteiger partial charge in [0, 0.05) is 18.3 Å². The second kappa shape index (κ2) is 7.84. The van der Waals surface area contributed by atoms with Crippen LogP contribution in [0.25, 0.3) is 0 Å². The Balaban J connectivity index is 1.78. The van der Waals surface area contributed by atoms with Crippen LogP contribution in [0.5, 0.6) is 5.88 Å². The van der Waals surface area contributed by atoms with Crippen LogP contribution in [-0.2, 0) is 13.0 Å². The van der Waals surface area contributed by atoms with Gasteiger partial charge in [0.05, 0.1) is 12.7 Å². The Bertz CT molecular complexity index is 922. The summed E-state index contributed by atoms with van der Waals surface area (Å²) in [6, 6.07) is 4.97. The summed E-state index contributed by atoms with van der Waals surface area (Å²) < 4.78 is 34.2. The zero-order valence-electron chi connectivity index (χ0n) is 13.6. The highest BCUT2D eigenvalue weighted by atomic mass is 35.5. The van der Waals surface area contributed by atoms with E-state index in [0.29, 0.717) is 21.5 Å². The van der Waals surface area contributed by atoms with Crippen molar-refractivity contribution in [1.82, 2.24) is 9.55 Å². The van der Waals surface area contributed by atoms with Crippen LogP contribution in [-0.4, -0.2) is 15.6 Å². The molecule has 0 fully saturated rings. The number of nitrogens with one attached hydrogen (secondary N) is 1. The molecule has 1 amide bonds. The van der Waals surface area contributed by atoms with Gasteiger partial charge in [-0.1, -0.05) is 29.9 Å². The molecule has 0 saturated carbocycles. The Hall–Kier alpha value is -2.45. The second-order valence-electron chi connectivity index (χ2n) is 5.43. The number of anilines is 1. The van der Waals surface area contributed by atoms with Crippen LogP contribution in [0.1, 0.15) is 18.1 Å². The predicted molar refractivity (Wildman–Crippen MR) is 96.0 cm³/mol. The van der Waals surface area contributed by atoms with Gasteiger partial charge in [0.25, 0.3) is 0 Å². The van der Waals surface area contributed by atoms with Crippen molar-refractivity contribution in [3.8, 4) is 5.88 Å². The average Bonchev–Trinajstić information content (AvgIpc) is 3.12. The molecule has 0 aliphatic heterocycles. The topological polar surface area (TPSA) is 56.1 Å². The molecule has 9 heteroatoms. The van der Waals surface area contributed by atoms with Crippen molar-refractivity contribution in [2.75, 3.05) is 5.32 Å². The molecule has 0 atom stereocenters. The maximum absolute atomic E-state index is 13.4. The first-order valence-corrected chi connectivity index (χ1v) is 8.86. The monoisotopic (exact) mass is 397 g/mol. The first kappa shape index (κ1) is 18.3. The van der Waals surface area contributed by atoms with Crippen molar-refractivity contribution < 1.29 is 18.3 Å². The minimum Gasteiger partial charge on any atom is -0.393 e. The predicted octanol–water partition coefficient (Wildman–Crippen LogP) is 5.10. The maximum atomic E-state index is 13.4. The van der Waals surface area contributed by atoms with Crippen LogP contribution in [0, 0.1) is 11.6 Å². The summed E-state index contributed by atoms with van der Waals surface area (Å²) in [6.45, 7) is 2.10. The van der Waals surface area contributed by atoms with Gasteiger partial charge in [-0.25, -0.2) is 18.6 Å². The number of benzene rings is 1. The number of carbonyl (C=O) groups is 1. The molecular weight excluding hydrogens is 384 g/mol. The van der Waals surface area contributed by atoms with Gasteiger partial charge < -0.3 is 9.30 Å². The summed E-state index contributed by atoms with van der Waals surface area (Å²) in [4.78, 5) is 16.0. The Morgan fingerprint density at radius 1 is 1.27 bits per heavy atom. The van der Waals surface area contributed by atoms with E-state index in [1.165, 1.54) is 18.3 Å². The Morgan fingerprint density at radius 3 is 2.62 bits per heavy atom. The van der Waals surface area contributed by atoms with E-state index in [1.807, 2.05) is 6.92 Å². The van der Waals surface area contributed by atoms with Gasteiger partial charge in [-0.3, -0.25) is 5.32 Å². The molecule has 136 valence electrons. The number of halogens is 3. The van der Waals surface area contributed by atoms with Crippen molar-refractivity contribution in [2.24, 2.45) is 0 Å². The highest BCUT2D eigenvalue weighted by molar-refractivity contribution is 7.19. The first-order valence-electron chi connectivity index (χ1n) is 7.67. The maximum Gasteiger partial charge on any atom is 0.420 e. The molecule has 0 spiro atoms. The van der Waals surface area contributed by atoms with Crippen LogP contribution in [0.15, 0.2) is 36.7 Å². The van der Waals surface area contributed by atoms with E-state index in [9.17, 15) is 13.6 Å². The lowest BCUT2D eigenvalue weighted by Crippen LogP contribution is -2.18. The van der Waals surface area contributed by atoms with Crippen molar-refractivity contribution in [1.29, 1.82) is 0 Å². The number of thiazole rings is 1. The van der Waals surface area contributed by atoms with E-state index in [0.717, 1.165) is 23.0 Å². The van der Waals surface area contributed by atoms with E-state index in [-0.39, 0.29) is 12.4 Å². The van der Waals surface area contributed by atoms with Crippen LogP contribution in [0.3, 0.4) is 0 Å². The molecule has 1 N–H and O–H groups in total. The average molecular weight is 398 g/mol. The van der Waals surface area contributed by atoms with Gasteiger partial charge in [-0.15, -0.1) is 0 Å². The van der Waals surface area contributed by atoms with Crippen molar-refractivity contribution in [3.63, 3.8) is 0 Å². The van der Waals surface area contributed by atoms with Crippen LogP contribution < -0.4 is 10.1 Å². The summed E-state index contributed by atoms with van der Waals surface area (Å²) in [7, 11) is 0. The van der Waals surface area contributed by atoms with E-state index < -0.39 is 17.7 Å². The van der Waals surface area contributed by atoms with E-state index >= 15 is 0 Å². The molecule has 0 aliphatic carbocycles. The molecule has 0 radical (unpaired) electrons. The fourth-order valence-corrected chi connectivity index (χ4v) is 3.16. The summed E-state index contributed by atoms with van der Waals surface area (Å²) in [5.74, 6) is -1.07. The normalized spacial score (nSPS) is 10.8. The lowest BCUT2D eigenvalue weighted by molar-refractivity contribution is 0.211. The third-order valence-corrected chi connectivity index (χ3v) is 4.51. The van der Waals surface area contributed by atoms with E-state index in [1.54, 1.807) is 16.8 Å². The van der Waals surface area contributed by atoms with E-state index in [4.69, 9.17) is 16.3 Å². The molecule has 0 bridgehead atoms. The molecule has 3 aromatic rings. The molecule has 2 aromatic heterocycles. The third-order valence-electron chi connectivity index (χ3n) is 3.48. The second-order valence-corrected chi connectivity index (χ2v) is 7.09. The van der Waals surface area contributed by atoms with Gasteiger partial charge in [0.1, 0.15) is 16.0 Å². The van der Waals surface area contributed by atoms with Crippen molar-refractivity contribution in [2.45, 2.75) is 19.9 Å². The fourth-order valence-electron chi connectivity index (χ4n) is 2.37.